The molecule has 0 saturated carbocycles. The van der Waals surface area contributed by atoms with Gasteiger partial charge >= 0.3 is 0 Å². The molecule has 1 fully saturated rings. The fraction of sp³-hybridized carbons (Fsp3) is 0.700. The number of aromatic nitrogens is 1. The average molecular weight is 212 g/mol. The fourth-order valence-corrected chi connectivity index (χ4v) is 2.86. The van der Waals surface area contributed by atoms with Gasteiger partial charge in [0, 0.05) is 17.9 Å². The Morgan fingerprint density at radius 3 is 3.14 bits per heavy atom. The summed E-state index contributed by atoms with van der Waals surface area (Å²) < 4.78 is 5.05. The molecule has 2 rings (SSSR count). The van der Waals surface area contributed by atoms with Gasteiger partial charge in [0.05, 0.1) is 6.04 Å². The van der Waals surface area contributed by atoms with Crippen LogP contribution in [-0.4, -0.2) is 22.7 Å². The lowest BCUT2D eigenvalue weighted by molar-refractivity contribution is 0.375. The monoisotopic (exact) mass is 212 g/mol. The topological polar surface area (TPSA) is 38.1 Å². The fourth-order valence-electron chi connectivity index (χ4n) is 1.69. The predicted molar refractivity (Wildman–Crippen MR) is 58.5 cm³/mol. The third-order valence-electron chi connectivity index (χ3n) is 2.51. The van der Waals surface area contributed by atoms with E-state index in [9.17, 15) is 0 Å². The van der Waals surface area contributed by atoms with Crippen LogP contribution >= 0.6 is 11.8 Å². The Morgan fingerprint density at radius 1 is 1.71 bits per heavy atom. The van der Waals surface area contributed by atoms with E-state index >= 15 is 0 Å². The van der Waals surface area contributed by atoms with Crippen molar-refractivity contribution < 1.29 is 4.52 Å². The van der Waals surface area contributed by atoms with Gasteiger partial charge in [-0.1, -0.05) is 5.16 Å². The van der Waals surface area contributed by atoms with Gasteiger partial charge < -0.3 is 9.84 Å². The first-order valence-corrected chi connectivity index (χ1v) is 6.18. The SMILES string of the molecule is Cc1cc([C@@H](C)NC2CCSC2)no1. The van der Waals surface area contributed by atoms with Gasteiger partial charge in [0.15, 0.2) is 0 Å². The first kappa shape index (κ1) is 10.1. The Bertz CT molecular complexity index is 294. The lowest BCUT2D eigenvalue weighted by Gasteiger charge is -2.16. The van der Waals surface area contributed by atoms with Gasteiger partial charge in [0.2, 0.25) is 0 Å². The van der Waals surface area contributed by atoms with Crippen LogP contribution in [0.1, 0.15) is 30.8 Å². The van der Waals surface area contributed by atoms with Crippen molar-refractivity contribution in [3.63, 3.8) is 0 Å². The molecule has 4 heteroatoms. The summed E-state index contributed by atoms with van der Waals surface area (Å²) in [5, 5.41) is 7.58. The highest BCUT2D eigenvalue weighted by Crippen LogP contribution is 2.20. The van der Waals surface area contributed by atoms with E-state index in [0.29, 0.717) is 12.1 Å². The number of aryl methyl sites for hydroxylation is 1. The van der Waals surface area contributed by atoms with Crippen molar-refractivity contribution in [3.05, 3.63) is 17.5 Å². The van der Waals surface area contributed by atoms with Crippen LogP contribution in [0.2, 0.25) is 0 Å². The molecule has 0 spiro atoms. The van der Waals surface area contributed by atoms with Gasteiger partial charge in [-0.15, -0.1) is 0 Å². The third-order valence-corrected chi connectivity index (χ3v) is 3.67. The van der Waals surface area contributed by atoms with Crippen LogP contribution in [0, 0.1) is 6.92 Å². The number of hydrogen-bond acceptors (Lipinski definition) is 4. The van der Waals surface area contributed by atoms with Crippen molar-refractivity contribution in [2.75, 3.05) is 11.5 Å². The summed E-state index contributed by atoms with van der Waals surface area (Å²) in [7, 11) is 0. The Balaban J connectivity index is 1.91. The Labute approximate surface area is 88.6 Å². The molecular weight excluding hydrogens is 196 g/mol. The van der Waals surface area contributed by atoms with Crippen LogP contribution < -0.4 is 5.32 Å². The van der Waals surface area contributed by atoms with Gasteiger partial charge in [-0.2, -0.15) is 11.8 Å². The van der Waals surface area contributed by atoms with E-state index in [1.807, 2.05) is 24.8 Å². The van der Waals surface area contributed by atoms with E-state index in [2.05, 4.69) is 17.4 Å². The molecule has 1 aromatic rings. The van der Waals surface area contributed by atoms with Crippen molar-refractivity contribution in [2.45, 2.75) is 32.4 Å². The van der Waals surface area contributed by atoms with Crippen molar-refractivity contribution in [1.82, 2.24) is 10.5 Å². The third kappa shape index (κ3) is 2.30. The van der Waals surface area contributed by atoms with E-state index in [1.165, 1.54) is 17.9 Å². The predicted octanol–water partition coefficient (Wildman–Crippen LogP) is 2.14. The number of thioether (sulfide) groups is 1. The molecule has 0 radical (unpaired) electrons. The van der Waals surface area contributed by atoms with Crippen LogP contribution in [-0.2, 0) is 0 Å². The average Bonchev–Trinajstić information content (AvgIpc) is 2.75. The molecule has 1 aromatic heterocycles. The molecule has 1 aliphatic rings. The summed E-state index contributed by atoms with van der Waals surface area (Å²) in [5.74, 6) is 3.39. The number of rotatable bonds is 3. The maximum Gasteiger partial charge on any atom is 0.133 e. The van der Waals surface area contributed by atoms with Gasteiger partial charge in [-0.25, -0.2) is 0 Å². The summed E-state index contributed by atoms with van der Waals surface area (Å²) in [6.07, 6.45) is 1.27. The molecule has 0 aliphatic carbocycles. The number of nitrogens with one attached hydrogen (secondary N) is 1. The molecule has 1 saturated heterocycles. The summed E-state index contributed by atoms with van der Waals surface area (Å²) in [6.45, 7) is 4.06. The molecule has 2 heterocycles. The van der Waals surface area contributed by atoms with Crippen LogP contribution in [0.3, 0.4) is 0 Å². The van der Waals surface area contributed by atoms with E-state index in [-0.39, 0.29) is 0 Å². The van der Waals surface area contributed by atoms with Crippen LogP contribution in [0.15, 0.2) is 10.6 Å². The lowest BCUT2D eigenvalue weighted by atomic mass is 10.2. The van der Waals surface area contributed by atoms with Crippen molar-refractivity contribution in [1.29, 1.82) is 0 Å². The van der Waals surface area contributed by atoms with Gasteiger partial charge in [0.25, 0.3) is 0 Å². The second-order valence-corrected chi connectivity index (χ2v) is 4.96. The van der Waals surface area contributed by atoms with E-state index in [1.54, 1.807) is 0 Å². The molecule has 1 N–H and O–H groups in total. The van der Waals surface area contributed by atoms with Crippen molar-refractivity contribution >= 4 is 11.8 Å². The Kier molecular flexibility index (Phi) is 3.13. The zero-order chi connectivity index (χ0) is 9.97. The molecule has 14 heavy (non-hydrogen) atoms. The van der Waals surface area contributed by atoms with Crippen LogP contribution in [0.5, 0.6) is 0 Å². The largest absolute Gasteiger partial charge is 0.361 e. The standard InChI is InChI=1S/C10H16N2OS/c1-7-5-10(12-13-7)8(2)11-9-3-4-14-6-9/h5,8-9,11H,3-4,6H2,1-2H3/t8-,9?/m1/s1. The van der Waals surface area contributed by atoms with Gasteiger partial charge in [0.1, 0.15) is 11.5 Å². The summed E-state index contributed by atoms with van der Waals surface area (Å²) in [5.41, 5.74) is 1.01. The molecule has 3 nitrogen and oxygen atoms in total. The molecule has 0 amide bonds. The highest BCUT2D eigenvalue weighted by molar-refractivity contribution is 7.99. The highest BCUT2D eigenvalue weighted by Gasteiger charge is 2.19. The van der Waals surface area contributed by atoms with Gasteiger partial charge in [-0.3, -0.25) is 0 Å². The smallest absolute Gasteiger partial charge is 0.133 e. The summed E-state index contributed by atoms with van der Waals surface area (Å²) in [4.78, 5) is 0. The van der Waals surface area contributed by atoms with Crippen molar-refractivity contribution in [2.24, 2.45) is 0 Å². The zero-order valence-electron chi connectivity index (χ0n) is 8.62. The highest BCUT2D eigenvalue weighted by atomic mass is 32.2. The van der Waals surface area contributed by atoms with Gasteiger partial charge in [-0.05, 0) is 26.0 Å². The Morgan fingerprint density at radius 2 is 2.57 bits per heavy atom. The molecule has 0 bridgehead atoms. The molecular formula is C10H16N2OS. The number of nitrogens with zero attached hydrogens (tertiary/aromatic N) is 1. The molecule has 78 valence electrons. The zero-order valence-corrected chi connectivity index (χ0v) is 9.43. The summed E-state index contributed by atoms with van der Waals surface area (Å²) in [6, 6.07) is 2.95. The summed E-state index contributed by atoms with van der Waals surface area (Å²) >= 11 is 2.02. The van der Waals surface area contributed by atoms with Crippen LogP contribution in [0.4, 0.5) is 0 Å². The van der Waals surface area contributed by atoms with Crippen molar-refractivity contribution in [3.8, 4) is 0 Å². The van der Waals surface area contributed by atoms with E-state index in [4.69, 9.17) is 4.52 Å². The maximum atomic E-state index is 5.05. The minimum absolute atomic E-state index is 0.302. The van der Waals surface area contributed by atoms with E-state index in [0.717, 1.165) is 11.5 Å². The Hall–Kier alpha value is -0.480. The first-order chi connectivity index (χ1) is 6.75. The molecule has 2 atom stereocenters. The molecule has 1 aliphatic heterocycles. The number of hydrogen-bond donors (Lipinski definition) is 1. The van der Waals surface area contributed by atoms with E-state index < -0.39 is 0 Å². The van der Waals surface area contributed by atoms with Crippen LogP contribution in [0.25, 0.3) is 0 Å². The minimum Gasteiger partial charge on any atom is -0.361 e. The molecule has 0 aromatic carbocycles. The minimum atomic E-state index is 0.302. The lowest BCUT2D eigenvalue weighted by Crippen LogP contribution is -2.31. The molecule has 1 unspecified atom stereocenters. The normalized spacial score (nSPS) is 24.0. The maximum absolute atomic E-state index is 5.05. The first-order valence-electron chi connectivity index (χ1n) is 5.02. The quantitative estimate of drug-likeness (QED) is 0.833. The second kappa shape index (κ2) is 4.36. The second-order valence-electron chi connectivity index (χ2n) is 3.81.